The zero-order chi connectivity index (χ0) is 21.7. The first-order chi connectivity index (χ1) is 14.3. The Morgan fingerprint density at radius 2 is 2.07 bits per heavy atom. The number of methoxy groups -OCH3 is 1. The molecule has 2 heterocycles. The highest BCUT2D eigenvalue weighted by Crippen LogP contribution is 2.65. The highest BCUT2D eigenvalue weighted by molar-refractivity contribution is 5.92. The minimum atomic E-state index is -1.12. The zero-order valence-electron chi connectivity index (χ0n) is 17.4. The minimum absolute atomic E-state index is 0.0821. The normalized spacial score (nSPS) is 40.9. The number of alkyl halides is 1. The van der Waals surface area contributed by atoms with Crippen LogP contribution < -0.4 is 0 Å². The molecule has 1 aromatic rings. The fraction of sp³-hybridized carbons (Fsp3) is 0.682. The molecule has 1 aliphatic heterocycles. The summed E-state index contributed by atoms with van der Waals surface area (Å²) in [6.45, 7) is 2.71. The van der Waals surface area contributed by atoms with Crippen molar-refractivity contribution in [3.05, 3.63) is 24.2 Å². The van der Waals surface area contributed by atoms with Crippen molar-refractivity contribution in [3.8, 4) is 0 Å². The topological polar surface area (TPSA) is 92.0 Å². The van der Waals surface area contributed by atoms with Crippen LogP contribution in [-0.2, 0) is 28.6 Å². The molecule has 0 amide bonds. The summed E-state index contributed by atoms with van der Waals surface area (Å²) in [6.07, 6.45) is 2.94. The molecule has 0 aromatic carbocycles. The molecule has 3 fully saturated rings. The van der Waals surface area contributed by atoms with E-state index in [1.54, 1.807) is 6.07 Å². The van der Waals surface area contributed by atoms with Crippen molar-refractivity contribution in [2.75, 3.05) is 14.0 Å². The number of fused-ring (bicyclic) bond motifs is 3. The van der Waals surface area contributed by atoms with Gasteiger partial charge in [0.05, 0.1) is 31.5 Å². The van der Waals surface area contributed by atoms with Crippen LogP contribution in [0.4, 0.5) is 4.39 Å². The lowest BCUT2D eigenvalue weighted by atomic mass is 9.43. The average molecular weight is 422 g/mol. The summed E-state index contributed by atoms with van der Waals surface area (Å²) in [5.74, 6) is -2.80. The Labute approximate surface area is 174 Å². The van der Waals surface area contributed by atoms with Gasteiger partial charge >= 0.3 is 11.9 Å². The van der Waals surface area contributed by atoms with Gasteiger partial charge in [0.2, 0.25) is 0 Å². The molecule has 7 atom stereocenters. The summed E-state index contributed by atoms with van der Waals surface area (Å²) < 4.78 is 34.0. The molecule has 2 aliphatic carbocycles. The van der Waals surface area contributed by atoms with Crippen molar-refractivity contribution in [1.29, 1.82) is 0 Å². The number of carbonyl (C=O) groups is 3. The number of rotatable bonds is 4. The van der Waals surface area contributed by atoms with Crippen molar-refractivity contribution < 1.29 is 37.4 Å². The third-order valence-corrected chi connectivity index (χ3v) is 7.77. The van der Waals surface area contributed by atoms with Gasteiger partial charge in [0, 0.05) is 11.5 Å². The van der Waals surface area contributed by atoms with Crippen LogP contribution in [0.25, 0.3) is 0 Å². The second-order valence-electron chi connectivity index (χ2n) is 9.20. The maximum absolute atomic E-state index is 13.6. The fourth-order valence-electron chi connectivity index (χ4n) is 6.38. The number of hydrogen-bond acceptors (Lipinski definition) is 7. The van der Waals surface area contributed by atoms with E-state index in [2.05, 4.69) is 0 Å². The first-order valence-corrected chi connectivity index (χ1v) is 10.3. The van der Waals surface area contributed by atoms with E-state index >= 15 is 0 Å². The number of furan rings is 1. The van der Waals surface area contributed by atoms with Crippen LogP contribution in [0.3, 0.4) is 0 Å². The molecule has 0 N–H and O–H groups in total. The summed E-state index contributed by atoms with van der Waals surface area (Å²) in [6, 6.07) is 1.73. The fourth-order valence-corrected chi connectivity index (χ4v) is 6.38. The second kappa shape index (κ2) is 7.48. The number of halogens is 1. The molecular formula is C22H27FO7. The van der Waals surface area contributed by atoms with E-state index in [9.17, 15) is 18.8 Å². The summed E-state index contributed by atoms with van der Waals surface area (Å²) in [7, 11) is 1.31. The summed E-state index contributed by atoms with van der Waals surface area (Å²) in [5, 5.41) is 0. The maximum Gasteiger partial charge on any atom is 0.310 e. The van der Waals surface area contributed by atoms with E-state index in [0.29, 0.717) is 19.3 Å². The molecule has 1 saturated heterocycles. The standard InChI is InChI=1S/C22H27FO7/c1-21-6-4-13-20(26)30-16(12-5-7-28-10-12)9-22(13,2)18(21)17(24)15(29-11-23)8-14(21)19(25)27-3/h5,7,10,13-16,18H,4,6,8-9,11H2,1-3H3/t13-,14-,15-,16-,18-,21-,22-/m0/s1. The first kappa shape index (κ1) is 21.0. The highest BCUT2D eigenvalue weighted by atomic mass is 19.1. The van der Waals surface area contributed by atoms with Gasteiger partial charge in [-0.1, -0.05) is 13.8 Å². The third kappa shape index (κ3) is 2.99. The van der Waals surface area contributed by atoms with Crippen LogP contribution >= 0.6 is 0 Å². The molecule has 8 heteroatoms. The Morgan fingerprint density at radius 3 is 2.70 bits per heavy atom. The smallest absolute Gasteiger partial charge is 0.310 e. The van der Waals surface area contributed by atoms with Crippen molar-refractivity contribution in [3.63, 3.8) is 0 Å². The molecule has 1 aromatic heterocycles. The quantitative estimate of drug-likeness (QED) is 0.687. The summed E-state index contributed by atoms with van der Waals surface area (Å²) in [4.78, 5) is 39.2. The van der Waals surface area contributed by atoms with Crippen LogP contribution in [0.1, 0.15) is 51.2 Å². The summed E-state index contributed by atoms with van der Waals surface area (Å²) in [5.41, 5.74) is -0.768. The molecule has 0 spiro atoms. The van der Waals surface area contributed by atoms with Gasteiger partial charge in [-0.25, -0.2) is 4.39 Å². The Balaban J connectivity index is 1.79. The lowest BCUT2D eigenvalue weighted by Gasteiger charge is -2.61. The van der Waals surface area contributed by atoms with Crippen LogP contribution in [0.5, 0.6) is 0 Å². The largest absolute Gasteiger partial charge is 0.472 e. The van der Waals surface area contributed by atoms with Crippen molar-refractivity contribution in [2.45, 2.75) is 51.7 Å². The van der Waals surface area contributed by atoms with Crippen molar-refractivity contribution in [1.82, 2.24) is 0 Å². The summed E-state index contributed by atoms with van der Waals surface area (Å²) >= 11 is 0. The van der Waals surface area contributed by atoms with Gasteiger partial charge in [-0.05, 0) is 42.6 Å². The maximum atomic E-state index is 13.6. The van der Waals surface area contributed by atoms with Gasteiger partial charge in [0.15, 0.2) is 12.6 Å². The van der Waals surface area contributed by atoms with Crippen molar-refractivity contribution >= 4 is 17.7 Å². The Morgan fingerprint density at radius 1 is 1.30 bits per heavy atom. The van der Waals surface area contributed by atoms with Crippen LogP contribution in [0, 0.1) is 28.6 Å². The Hall–Kier alpha value is -2.22. The number of ketones is 1. The van der Waals surface area contributed by atoms with E-state index in [0.717, 1.165) is 5.56 Å². The molecule has 164 valence electrons. The number of Topliss-reactive ketones (excluding diaryl/α,β-unsaturated/α-hetero) is 1. The molecule has 0 unspecified atom stereocenters. The van der Waals surface area contributed by atoms with Gasteiger partial charge in [0.25, 0.3) is 0 Å². The van der Waals surface area contributed by atoms with Gasteiger partial charge < -0.3 is 18.6 Å². The van der Waals surface area contributed by atoms with E-state index < -0.39 is 53.6 Å². The van der Waals surface area contributed by atoms with Gasteiger partial charge in [0.1, 0.15) is 12.2 Å². The molecule has 0 bridgehead atoms. The average Bonchev–Trinajstić information content (AvgIpc) is 3.23. The SMILES string of the molecule is COC(=O)[C@@H]1C[C@H](OCF)C(=O)[C@H]2[C@@]1(C)CC[C@H]1C(=O)O[C@H](c3ccoc3)C[C@]21C. The zero-order valence-corrected chi connectivity index (χ0v) is 17.4. The molecule has 2 saturated carbocycles. The monoisotopic (exact) mass is 422 g/mol. The Bertz CT molecular complexity index is 837. The number of hydrogen-bond donors (Lipinski definition) is 0. The predicted octanol–water partition coefficient (Wildman–Crippen LogP) is 3.38. The van der Waals surface area contributed by atoms with Crippen molar-refractivity contribution in [2.24, 2.45) is 28.6 Å². The molecule has 3 aliphatic rings. The van der Waals surface area contributed by atoms with Gasteiger partial charge in [-0.15, -0.1) is 0 Å². The van der Waals surface area contributed by atoms with Gasteiger partial charge in [-0.3, -0.25) is 14.4 Å². The molecule has 4 rings (SSSR count). The number of ether oxygens (including phenoxy) is 3. The highest BCUT2D eigenvalue weighted by Gasteiger charge is 2.67. The van der Waals surface area contributed by atoms with Crippen LogP contribution in [-0.4, -0.2) is 37.8 Å². The van der Waals surface area contributed by atoms with Crippen LogP contribution in [0.15, 0.2) is 23.0 Å². The first-order valence-electron chi connectivity index (χ1n) is 10.3. The number of cyclic esters (lactones) is 1. The number of esters is 2. The molecule has 30 heavy (non-hydrogen) atoms. The second-order valence-corrected chi connectivity index (χ2v) is 9.20. The molecular weight excluding hydrogens is 395 g/mol. The van der Waals surface area contributed by atoms with Crippen LogP contribution in [0.2, 0.25) is 0 Å². The van der Waals surface area contributed by atoms with E-state index in [4.69, 9.17) is 18.6 Å². The van der Waals surface area contributed by atoms with E-state index in [-0.39, 0.29) is 18.2 Å². The minimum Gasteiger partial charge on any atom is -0.472 e. The van der Waals surface area contributed by atoms with E-state index in [1.807, 2.05) is 13.8 Å². The molecule has 7 nitrogen and oxygen atoms in total. The Kier molecular flexibility index (Phi) is 5.24. The third-order valence-electron chi connectivity index (χ3n) is 7.77. The molecule has 0 radical (unpaired) electrons. The lowest BCUT2D eigenvalue weighted by molar-refractivity contribution is -0.211. The number of carbonyl (C=O) groups excluding carboxylic acids is 3. The van der Waals surface area contributed by atoms with Gasteiger partial charge in [-0.2, -0.15) is 0 Å². The predicted molar refractivity (Wildman–Crippen MR) is 101 cm³/mol. The lowest BCUT2D eigenvalue weighted by Crippen LogP contribution is -2.64. The van der Waals surface area contributed by atoms with E-state index in [1.165, 1.54) is 19.6 Å².